The average molecular weight is 467 g/mol. The minimum atomic E-state index is 0.942. The van der Waals surface area contributed by atoms with Crippen molar-refractivity contribution in [3.63, 3.8) is 0 Å². The van der Waals surface area contributed by atoms with Crippen LogP contribution in [0.1, 0.15) is 36.4 Å². The van der Waals surface area contributed by atoms with Crippen molar-refractivity contribution in [2.75, 3.05) is 0 Å². The van der Waals surface area contributed by atoms with Crippen LogP contribution in [0.2, 0.25) is 0 Å². The molecule has 0 atom stereocenters. The highest BCUT2D eigenvalue weighted by Gasteiger charge is 2.19. The van der Waals surface area contributed by atoms with E-state index in [-0.39, 0.29) is 0 Å². The number of hydrogen-bond donors (Lipinski definition) is 0. The maximum absolute atomic E-state index is 2.42. The van der Waals surface area contributed by atoms with Gasteiger partial charge >= 0.3 is 0 Å². The van der Waals surface area contributed by atoms with E-state index in [1.807, 2.05) is 0 Å². The Hall–Kier alpha value is -4.30. The lowest BCUT2D eigenvalue weighted by molar-refractivity contribution is 1.03. The highest BCUT2D eigenvalue weighted by Crippen LogP contribution is 2.34. The van der Waals surface area contributed by atoms with E-state index >= 15 is 0 Å². The Balaban J connectivity index is 1.61. The Morgan fingerprint density at radius 1 is 0.806 bits per heavy atom. The van der Waals surface area contributed by atoms with Crippen LogP contribution in [-0.2, 0) is 6.42 Å². The van der Waals surface area contributed by atoms with Crippen molar-refractivity contribution in [3.8, 4) is 11.4 Å². The van der Waals surface area contributed by atoms with Crippen molar-refractivity contribution in [1.82, 2.24) is 9.13 Å². The van der Waals surface area contributed by atoms with Crippen molar-refractivity contribution >= 4 is 34.0 Å². The molecule has 0 unspecified atom stereocenters. The second-order valence-corrected chi connectivity index (χ2v) is 9.46. The molecule has 2 nitrogen and oxygen atoms in total. The van der Waals surface area contributed by atoms with E-state index in [0.29, 0.717) is 0 Å². The molecule has 2 heterocycles. The van der Waals surface area contributed by atoms with Gasteiger partial charge < -0.3 is 9.13 Å². The minimum absolute atomic E-state index is 0.942. The van der Waals surface area contributed by atoms with E-state index in [9.17, 15) is 0 Å². The molecule has 5 aromatic rings. The molecule has 0 amide bonds. The van der Waals surface area contributed by atoms with E-state index in [1.54, 1.807) is 0 Å². The van der Waals surface area contributed by atoms with Crippen LogP contribution in [0.15, 0.2) is 109 Å². The van der Waals surface area contributed by atoms with Crippen molar-refractivity contribution in [1.29, 1.82) is 0 Å². The van der Waals surface area contributed by atoms with Crippen molar-refractivity contribution in [3.05, 3.63) is 131 Å². The van der Waals surface area contributed by atoms with Gasteiger partial charge in [0.1, 0.15) is 0 Å². The van der Waals surface area contributed by atoms with Crippen LogP contribution >= 0.6 is 0 Å². The van der Waals surface area contributed by atoms with Crippen molar-refractivity contribution in [2.24, 2.45) is 0 Å². The van der Waals surface area contributed by atoms with Gasteiger partial charge in [0, 0.05) is 33.5 Å². The number of fused-ring (bicyclic) bond motifs is 4. The number of para-hydroxylation sites is 2. The topological polar surface area (TPSA) is 9.86 Å². The van der Waals surface area contributed by atoms with Gasteiger partial charge in [-0.05, 0) is 80.8 Å². The summed E-state index contributed by atoms with van der Waals surface area (Å²) >= 11 is 0. The number of hydrogen-bond acceptors (Lipinski definition) is 0. The zero-order chi connectivity index (χ0) is 24.6. The van der Waals surface area contributed by atoms with Gasteiger partial charge in [-0.2, -0.15) is 0 Å². The molecule has 0 saturated carbocycles. The van der Waals surface area contributed by atoms with Crippen LogP contribution in [-0.4, -0.2) is 9.13 Å². The fourth-order valence-corrected chi connectivity index (χ4v) is 5.38. The van der Waals surface area contributed by atoms with Gasteiger partial charge in [-0.3, -0.25) is 0 Å². The first-order valence-corrected chi connectivity index (χ1v) is 12.6. The monoisotopic (exact) mass is 466 g/mol. The van der Waals surface area contributed by atoms with Gasteiger partial charge in [-0.1, -0.05) is 78.4 Å². The molecule has 3 aromatic carbocycles. The van der Waals surface area contributed by atoms with Crippen molar-refractivity contribution in [2.45, 2.75) is 27.2 Å². The highest BCUT2D eigenvalue weighted by molar-refractivity contribution is 6.09. The first-order valence-electron chi connectivity index (χ1n) is 12.6. The van der Waals surface area contributed by atoms with Crippen LogP contribution in [0.5, 0.6) is 0 Å². The van der Waals surface area contributed by atoms with Crippen LogP contribution in [0.25, 0.3) is 45.3 Å². The number of benzene rings is 3. The minimum Gasteiger partial charge on any atom is -0.310 e. The summed E-state index contributed by atoms with van der Waals surface area (Å²) in [5.41, 5.74) is 11.3. The molecule has 1 aliphatic carbocycles. The number of rotatable bonds is 4. The predicted molar refractivity (Wildman–Crippen MR) is 155 cm³/mol. The zero-order valence-corrected chi connectivity index (χ0v) is 21.1. The normalized spacial score (nSPS) is 13.7. The highest BCUT2D eigenvalue weighted by atomic mass is 15.0. The van der Waals surface area contributed by atoms with Crippen molar-refractivity contribution < 1.29 is 0 Å². The first kappa shape index (κ1) is 22.2. The SMILES string of the molecule is C/C=C(C)\C=C/c1c(C)c2c(n1-c1cccc(-n3c4ccccc4c4ccccc43)c1)C=CC=CC2. The summed E-state index contributed by atoms with van der Waals surface area (Å²) < 4.78 is 4.81. The summed E-state index contributed by atoms with van der Waals surface area (Å²) in [6.07, 6.45) is 16.4. The molecule has 6 rings (SSSR count). The number of nitrogens with zero attached hydrogens (tertiary/aromatic N) is 2. The van der Waals surface area contributed by atoms with E-state index in [4.69, 9.17) is 0 Å². The Kier molecular flexibility index (Phi) is 5.58. The maximum Gasteiger partial charge on any atom is 0.0541 e. The largest absolute Gasteiger partial charge is 0.310 e. The standard InChI is InChI=1S/C34H30N2/c1-4-24(2)21-22-31-25(3)28-15-6-5-7-18-32(28)35(31)26-13-12-14-27(23-26)36-33-19-10-8-16-29(33)30-17-9-11-20-34(30)36/h4-14,16-23H,15H2,1-3H3/b22-21-,24-4-. The maximum atomic E-state index is 2.42. The second kappa shape index (κ2) is 9.05. The molecule has 0 radical (unpaired) electrons. The van der Waals surface area contributed by atoms with E-state index in [1.165, 1.54) is 61.3 Å². The quantitative estimate of drug-likeness (QED) is 0.234. The molecule has 0 spiro atoms. The molecule has 0 aliphatic heterocycles. The third-order valence-corrected chi connectivity index (χ3v) is 7.34. The van der Waals surface area contributed by atoms with Gasteiger partial charge in [0.25, 0.3) is 0 Å². The molecule has 2 aromatic heterocycles. The number of aromatic nitrogens is 2. The predicted octanol–water partition coefficient (Wildman–Crippen LogP) is 8.99. The van der Waals surface area contributed by atoms with E-state index < -0.39 is 0 Å². The van der Waals surface area contributed by atoms with E-state index in [2.05, 4.69) is 145 Å². The third kappa shape index (κ3) is 3.58. The molecule has 176 valence electrons. The average Bonchev–Trinajstić information content (AvgIpc) is 3.25. The lowest BCUT2D eigenvalue weighted by Crippen LogP contribution is -2.02. The van der Waals surface area contributed by atoms with Crippen LogP contribution < -0.4 is 0 Å². The molecule has 0 bridgehead atoms. The molecule has 2 heteroatoms. The summed E-state index contributed by atoms with van der Waals surface area (Å²) in [5.74, 6) is 0. The number of allylic oxidation sites excluding steroid dienone is 6. The Bertz CT molecular complexity index is 1680. The molecule has 1 aliphatic rings. The van der Waals surface area contributed by atoms with Crippen LogP contribution in [0.4, 0.5) is 0 Å². The molecular weight excluding hydrogens is 436 g/mol. The molecule has 0 N–H and O–H groups in total. The summed E-state index contributed by atoms with van der Waals surface area (Å²) in [6.45, 7) is 6.49. The van der Waals surface area contributed by atoms with Gasteiger partial charge in [0.05, 0.1) is 11.0 Å². The van der Waals surface area contributed by atoms with Gasteiger partial charge in [-0.15, -0.1) is 0 Å². The fourth-order valence-electron chi connectivity index (χ4n) is 5.38. The Morgan fingerprint density at radius 3 is 2.17 bits per heavy atom. The molecule has 36 heavy (non-hydrogen) atoms. The summed E-state index contributed by atoms with van der Waals surface area (Å²) in [4.78, 5) is 0. The smallest absolute Gasteiger partial charge is 0.0541 e. The Morgan fingerprint density at radius 2 is 1.47 bits per heavy atom. The Labute approximate surface area is 212 Å². The van der Waals surface area contributed by atoms with Gasteiger partial charge in [0.15, 0.2) is 0 Å². The van der Waals surface area contributed by atoms with Crippen LogP contribution in [0.3, 0.4) is 0 Å². The summed E-state index contributed by atoms with van der Waals surface area (Å²) in [7, 11) is 0. The fraction of sp³-hybridized carbons (Fsp3) is 0.118. The van der Waals surface area contributed by atoms with Crippen LogP contribution in [0, 0.1) is 6.92 Å². The summed E-state index contributed by atoms with van der Waals surface area (Å²) in [6, 6.07) is 26.3. The lowest BCUT2D eigenvalue weighted by Gasteiger charge is -2.14. The first-order chi connectivity index (χ1) is 17.7. The molecular formula is C34H30N2. The summed E-state index contributed by atoms with van der Waals surface area (Å²) in [5, 5.41) is 2.56. The van der Waals surface area contributed by atoms with Gasteiger partial charge in [-0.25, -0.2) is 0 Å². The van der Waals surface area contributed by atoms with E-state index in [0.717, 1.165) is 6.42 Å². The van der Waals surface area contributed by atoms with Gasteiger partial charge in [0.2, 0.25) is 0 Å². The molecule has 0 fully saturated rings. The zero-order valence-electron chi connectivity index (χ0n) is 21.1. The third-order valence-electron chi connectivity index (χ3n) is 7.34. The second-order valence-electron chi connectivity index (χ2n) is 9.46. The molecule has 0 saturated heterocycles. The lowest BCUT2D eigenvalue weighted by atomic mass is 10.1.